The van der Waals surface area contributed by atoms with E-state index in [9.17, 15) is 32.1 Å². The van der Waals surface area contributed by atoms with Gasteiger partial charge in [0.25, 0.3) is 12.1 Å². The van der Waals surface area contributed by atoms with Crippen molar-refractivity contribution in [2.45, 2.75) is 12.6 Å². The van der Waals surface area contributed by atoms with Gasteiger partial charge in [-0.25, -0.2) is 13.8 Å². The number of aromatic nitrogens is 1. The average Bonchev–Trinajstić information content (AvgIpc) is 2.14. The normalized spacial score (nSPS) is 11.9. The number of pyridine rings is 1. The molecule has 0 spiro atoms. The second kappa shape index (κ2) is 4.66. The van der Waals surface area contributed by atoms with E-state index in [2.05, 4.69) is 4.98 Å². The van der Waals surface area contributed by atoms with Gasteiger partial charge in [0.15, 0.2) is 5.69 Å². The number of rotatable bonds is 2. The van der Waals surface area contributed by atoms with Crippen LogP contribution in [0, 0.1) is 13.8 Å². The third-order valence-corrected chi connectivity index (χ3v) is 2.24. The Balaban J connectivity index is 3.64. The lowest BCUT2D eigenvalue weighted by molar-refractivity contribution is -0.386. The number of alkyl halides is 5. The van der Waals surface area contributed by atoms with Gasteiger partial charge in [0.2, 0.25) is 0 Å². The summed E-state index contributed by atoms with van der Waals surface area (Å²) in [6.45, 7) is 0. The molecule has 0 bridgehead atoms. The van der Waals surface area contributed by atoms with Gasteiger partial charge in [-0.2, -0.15) is 13.2 Å². The zero-order chi connectivity index (χ0) is 13.4. The lowest BCUT2D eigenvalue weighted by atomic mass is 10.1. The number of halogens is 6. The van der Waals surface area contributed by atoms with E-state index in [4.69, 9.17) is 0 Å². The Morgan fingerprint density at radius 2 is 1.94 bits per heavy atom. The Morgan fingerprint density at radius 3 is 2.29 bits per heavy atom. The van der Waals surface area contributed by atoms with E-state index in [1.54, 1.807) is 0 Å². The first kappa shape index (κ1) is 14.0. The minimum Gasteiger partial charge on any atom is -0.258 e. The van der Waals surface area contributed by atoms with E-state index in [1.807, 2.05) is 0 Å². The maximum absolute atomic E-state index is 12.5. The summed E-state index contributed by atoms with van der Waals surface area (Å²) in [6, 6.07) is 0.567. The highest BCUT2D eigenvalue weighted by molar-refractivity contribution is 14.1. The Labute approximate surface area is 104 Å². The number of nitro groups is 1. The molecule has 0 fully saturated rings. The van der Waals surface area contributed by atoms with E-state index in [1.165, 1.54) is 22.6 Å². The molecule has 94 valence electrons. The minimum atomic E-state index is -5.17. The fraction of sp³-hybridized carbons (Fsp3) is 0.286. The van der Waals surface area contributed by atoms with Crippen LogP contribution in [0.4, 0.5) is 27.6 Å². The molecule has 0 aliphatic heterocycles. The molecular formula is C7H2F5IN2O2. The van der Waals surface area contributed by atoms with Gasteiger partial charge in [0, 0.05) is 6.07 Å². The van der Waals surface area contributed by atoms with Crippen LogP contribution in [0.25, 0.3) is 0 Å². The molecule has 0 aliphatic rings. The molecule has 4 nitrogen and oxygen atoms in total. The van der Waals surface area contributed by atoms with Gasteiger partial charge in [0.1, 0.15) is 9.26 Å². The summed E-state index contributed by atoms with van der Waals surface area (Å²) in [6.07, 6.45) is -8.80. The topological polar surface area (TPSA) is 56.0 Å². The van der Waals surface area contributed by atoms with Crippen LogP contribution < -0.4 is 0 Å². The molecule has 1 aromatic heterocycles. The van der Waals surface area contributed by atoms with Gasteiger partial charge in [-0.3, -0.25) is 10.1 Å². The second-order valence-corrected chi connectivity index (χ2v) is 3.89. The molecule has 0 N–H and O–H groups in total. The highest BCUT2D eigenvalue weighted by Gasteiger charge is 2.42. The monoisotopic (exact) mass is 368 g/mol. The van der Waals surface area contributed by atoms with Crippen LogP contribution in [0.2, 0.25) is 0 Å². The Morgan fingerprint density at radius 1 is 1.41 bits per heavy atom. The van der Waals surface area contributed by atoms with Crippen molar-refractivity contribution in [3.8, 4) is 0 Å². The van der Waals surface area contributed by atoms with Crippen molar-refractivity contribution in [3.63, 3.8) is 0 Å². The molecule has 17 heavy (non-hydrogen) atoms. The standard InChI is InChI=1S/C7H2F5IN2O2/c8-6(9)4-2(15(16)17)1-3(13)14-5(4)7(10,11)12/h1,6H. The van der Waals surface area contributed by atoms with E-state index >= 15 is 0 Å². The maximum Gasteiger partial charge on any atom is 0.434 e. The Bertz CT molecular complexity index is 462. The van der Waals surface area contributed by atoms with Crippen LogP contribution in [0.15, 0.2) is 6.07 Å². The van der Waals surface area contributed by atoms with Crippen molar-refractivity contribution in [2.24, 2.45) is 0 Å². The van der Waals surface area contributed by atoms with E-state index in [0.29, 0.717) is 6.07 Å². The van der Waals surface area contributed by atoms with Gasteiger partial charge in [-0.05, 0) is 22.6 Å². The van der Waals surface area contributed by atoms with Gasteiger partial charge < -0.3 is 0 Å². The van der Waals surface area contributed by atoms with E-state index in [0.717, 1.165) is 0 Å². The summed E-state index contributed by atoms with van der Waals surface area (Å²) in [5, 5.41) is 10.4. The average molecular weight is 368 g/mol. The molecule has 0 aliphatic carbocycles. The number of nitrogens with zero attached hydrogens (tertiary/aromatic N) is 2. The van der Waals surface area contributed by atoms with E-state index < -0.39 is 34.5 Å². The van der Waals surface area contributed by atoms with Crippen LogP contribution in [0.1, 0.15) is 17.7 Å². The SMILES string of the molecule is O=[N+]([O-])c1cc(I)nc(C(F)(F)F)c1C(F)F. The smallest absolute Gasteiger partial charge is 0.258 e. The molecular weight excluding hydrogens is 366 g/mol. The molecule has 0 saturated carbocycles. The lowest BCUT2D eigenvalue weighted by Gasteiger charge is -2.11. The third-order valence-electron chi connectivity index (χ3n) is 1.69. The zero-order valence-corrected chi connectivity index (χ0v) is 9.79. The molecule has 1 aromatic rings. The first-order chi connectivity index (χ1) is 7.64. The maximum atomic E-state index is 12.5. The van der Waals surface area contributed by atoms with Crippen molar-refractivity contribution in [1.29, 1.82) is 0 Å². The molecule has 0 aromatic carbocycles. The molecule has 1 rings (SSSR count). The highest BCUT2D eigenvalue weighted by atomic mass is 127. The number of hydrogen-bond donors (Lipinski definition) is 0. The third kappa shape index (κ3) is 2.98. The van der Waals surface area contributed by atoms with Crippen LogP contribution in [0.5, 0.6) is 0 Å². The molecule has 10 heteroatoms. The van der Waals surface area contributed by atoms with Gasteiger partial charge in [-0.1, -0.05) is 0 Å². The van der Waals surface area contributed by atoms with Crippen LogP contribution in [-0.4, -0.2) is 9.91 Å². The second-order valence-electron chi connectivity index (χ2n) is 2.78. The number of hydrogen-bond acceptors (Lipinski definition) is 3. The van der Waals surface area contributed by atoms with Crippen LogP contribution >= 0.6 is 22.6 Å². The molecule has 0 atom stereocenters. The summed E-state index contributed by atoms with van der Waals surface area (Å²) >= 11 is 1.28. The van der Waals surface area contributed by atoms with Gasteiger partial charge in [-0.15, -0.1) is 0 Å². The van der Waals surface area contributed by atoms with Crippen molar-refractivity contribution < 1.29 is 26.9 Å². The fourth-order valence-corrected chi connectivity index (χ4v) is 1.63. The zero-order valence-electron chi connectivity index (χ0n) is 7.63. The lowest BCUT2D eigenvalue weighted by Crippen LogP contribution is -2.15. The summed E-state index contributed by atoms with van der Waals surface area (Å²) in [5.41, 5.74) is -4.92. The minimum absolute atomic E-state index is 0.383. The Kier molecular flexibility index (Phi) is 3.84. The van der Waals surface area contributed by atoms with Crippen molar-refractivity contribution in [1.82, 2.24) is 4.98 Å². The van der Waals surface area contributed by atoms with Gasteiger partial charge in [0.05, 0.1) is 4.92 Å². The first-order valence-corrected chi connectivity index (χ1v) is 4.92. The quantitative estimate of drug-likeness (QED) is 0.264. The molecule has 0 amide bonds. The fourth-order valence-electron chi connectivity index (χ4n) is 1.09. The Hall–Kier alpha value is -1.07. The van der Waals surface area contributed by atoms with Gasteiger partial charge >= 0.3 is 6.18 Å². The first-order valence-electron chi connectivity index (χ1n) is 3.84. The summed E-state index contributed by atoms with van der Waals surface area (Å²) < 4.78 is 61.8. The predicted octanol–water partition coefficient (Wildman–Crippen LogP) is 3.55. The largest absolute Gasteiger partial charge is 0.434 e. The molecule has 0 radical (unpaired) electrons. The predicted molar refractivity (Wildman–Crippen MR) is 53.6 cm³/mol. The summed E-state index contributed by atoms with van der Waals surface area (Å²) in [5.74, 6) is 0. The molecule has 1 heterocycles. The highest BCUT2D eigenvalue weighted by Crippen LogP contribution is 2.40. The van der Waals surface area contributed by atoms with Crippen LogP contribution in [-0.2, 0) is 6.18 Å². The van der Waals surface area contributed by atoms with Crippen molar-refractivity contribution in [2.75, 3.05) is 0 Å². The molecule has 0 unspecified atom stereocenters. The summed E-state index contributed by atoms with van der Waals surface area (Å²) in [4.78, 5) is 12.0. The van der Waals surface area contributed by atoms with Crippen molar-refractivity contribution >= 4 is 28.3 Å². The van der Waals surface area contributed by atoms with Crippen LogP contribution in [0.3, 0.4) is 0 Å². The summed E-state index contributed by atoms with van der Waals surface area (Å²) in [7, 11) is 0. The van der Waals surface area contributed by atoms with E-state index in [-0.39, 0.29) is 3.70 Å². The van der Waals surface area contributed by atoms with Crippen molar-refractivity contribution in [3.05, 3.63) is 31.1 Å². The molecule has 0 saturated heterocycles.